The molecule has 0 spiro atoms. The summed E-state index contributed by atoms with van der Waals surface area (Å²) in [5, 5.41) is 0. The fraction of sp³-hybridized carbons (Fsp3) is 1.00. The van der Waals surface area contributed by atoms with Crippen LogP contribution in [0, 0.1) is 5.41 Å². The molecule has 1 saturated carbocycles. The lowest BCUT2D eigenvalue weighted by Crippen LogP contribution is -2.22. The number of nitrogens with two attached hydrogens (primary N) is 1. The lowest BCUT2D eigenvalue weighted by molar-refractivity contribution is -0.0221. The van der Waals surface area contributed by atoms with Crippen LogP contribution in [0.15, 0.2) is 0 Å². The van der Waals surface area contributed by atoms with Gasteiger partial charge in [0.2, 0.25) is 0 Å². The lowest BCUT2D eigenvalue weighted by atomic mass is 10.0. The van der Waals surface area contributed by atoms with E-state index < -0.39 is 0 Å². The van der Waals surface area contributed by atoms with Gasteiger partial charge in [-0.05, 0) is 45.1 Å². The van der Waals surface area contributed by atoms with Crippen LogP contribution in [0.25, 0.3) is 0 Å². The molecule has 1 aliphatic carbocycles. The van der Waals surface area contributed by atoms with Gasteiger partial charge in [-0.2, -0.15) is 0 Å². The minimum absolute atomic E-state index is 0.213. The van der Waals surface area contributed by atoms with Crippen LogP contribution in [-0.4, -0.2) is 32.5 Å². The Morgan fingerprint density at radius 3 is 2.64 bits per heavy atom. The van der Waals surface area contributed by atoms with Crippen molar-refractivity contribution < 1.29 is 9.47 Å². The summed E-state index contributed by atoms with van der Waals surface area (Å²) in [6.45, 7) is 7.18. The number of hydrogen-bond donors (Lipinski definition) is 1. The third-order valence-electron chi connectivity index (χ3n) is 2.86. The molecule has 3 heteroatoms. The molecule has 0 aliphatic heterocycles. The highest BCUT2D eigenvalue weighted by Gasteiger charge is 2.42. The molecular weight excluding hydrogens is 178 g/mol. The average Bonchev–Trinajstić information content (AvgIpc) is 2.93. The Kier molecular flexibility index (Phi) is 4.85. The van der Waals surface area contributed by atoms with Crippen LogP contribution in [0.1, 0.15) is 33.1 Å². The summed E-state index contributed by atoms with van der Waals surface area (Å²) in [5.74, 6) is 0. The quantitative estimate of drug-likeness (QED) is 0.648. The average molecular weight is 201 g/mol. The Balaban J connectivity index is 2.07. The third-order valence-corrected chi connectivity index (χ3v) is 2.86. The molecule has 0 bridgehead atoms. The Morgan fingerprint density at radius 2 is 2.14 bits per heavy atom. The molecule has 2 N–H and O–H groups in total. The molecule has 84 valence electrons. The Hall–Kier alpha value is -0.120. The number of rotatable bonds is 8. The normalized spacial score (nSPS) is 20.8. The van der Waals surface area contributed by atoms with Gasteiger partial charge in [-0.1, -0.05) is 0 Å². The summed E-state index contributed by atoms with van der Waals surface area (Å²) in [7, 11) is 0. The molecule has 0 aromatic carbocycles. The topological polar surface area (TPSA) is 44.5 Å². The third kappa shape index (κ3) is 3.95. The Morgan fingerprint density at radius 1 is 1.43 bits per heavy atom. The van der Waals surface area contributed by atoms with Crippen LogP contribution in [0.5, 0.6) is 0 Å². The zero-order valence-corrected chi connectivity index (χ0v) is 9.42. The van der Waals surface area contributed by atoms with Crippen LogP contribution in [-0.2, 0) is 9.47 Å². The summed E-state index contributed by atoms with van der Waals surface area (Å²) >= 11 is 0. The molecule has 0 saturated heterocycles. The maximum Gasteiger partial charge on any atom is 0.0780 e. The van der Waals surface area contributed by atoms with Crippen molar-refractivity contribution >= 4 is 0 Å². The van der Waals surface area contributed by atoms with E-state index >= 15 is 0 Å². The van der Waals surface area contributed by atoms with E-state index in [1.54, 1.807) is 0 Å². The van der Waals surface area contributed by atoms with Crippen LogP contribution in [0.4, 0.5) is 0 Å². The summed E-state index contributed by atoms with van der Waals surface area (Å²) in [4.78, 5) is 0. The van der Waals surface area contributed by atoms with E-state index in [1.165, 1.54) is 12.8 Å². The van der Waals surface area contributed by atoms with Gasteiger partial charge in [-0.3, -0.25) is 0 Å². The molecule has 0 radical (unpaired) electrons. The molecule has 1 atom stereocenters. The first-order valence-electron chi connectivity index (χ1n) is 5.62. The molecule has 0 aromatic heterocycles. The fourth-order valence-electron chi connectivity index (χ4n) is 1.60. The van der Waals surface area contributed by atoms with E-state index in [2.05, 4.69) is 6.92 Å². The standard InChI is InChI=1S/C11H23NO2/c1-3-13-8-10(2)14-9-11(4-5-11)6-7-12/h10H,3-9,12H2,1-2H3. The van der Waals surface area contributed by atoms with E-state index in [4.69, 9.17) is 15.2 Å². The first kappa shape index (κ1) is 12.0. The fourth-order valence-corrected chi connectivity index (χ4v) is 1.60. The Bertz CT molecular complexity index is 157. The van der Waals surface area contributed by atoms with Crippen LogP contribution in [0.2, 0.25) is 0 Å². The van der Waals surface area contributed by atoms with E-state index in [0.717, 1.165) is 26.2 Å². The van der Waals surface area contributed by atoms with Gasteiger partial charge in [-0.25, -0.2) is 0 Å². The molecular formula is C11H23NO2. The molecule has 3 nitrogen and oxygen atoms in total. The predicted octanol–water partition coefficient (Wildman–Crippen LogP) is 1.56. The van der Waals surface area contributed by atoms with Crippen molar-refractivity contribution in [2.75, 3.05) is 26.4 Å². The van der Waals surface area contributed by atoms with Gasteiger partial charge in [0.05, 0.1) is 19.3 Å². The van der Waals surface area contributed by atoms with Crippen LogP contribution in [0.3, 0.4) is 0 Å². The molecule has 1 unspecified atom stereocenters. The second kappa shape index (κ2) is 5.69. The van der Waals surface area contributed by atoms with Gasteiger partial charge < -0.3 is 15.2 Å². The van der Waals surface area contributed by atoms with Gasteiger partial charge in [0, 0.05) is 6.61 Å². The van der Waals surface area contributed by atoms with Gasteiger partial charge in [0.1, 0.15) is 0 Å². The second-order valence-electron chi connectivity index (χ2n) is 4.32. The van der Waals surface area contributed by atoms with Crippen LogP contribution >= 0.6 is 0 Å². The summed E-state index contributed by atoms with van der Waals surface area (Å²) in [6, 6.07) is 0. The number of hydrogen-bond acceptors (Lipinski definition) is 3. The van der Waals surface area contributed by atoms with E-state index in [0.29, 0.717) is 12.0 Å². The highest BCUT2D eigenvalue weighted by atomic mass is 16.5. The van der Waals surface area contributed by atoms with Crippen molar-refractivity contribution in [2.24, 2.45) is 11.1 Å². The molecule has 1 aliphatic rings. The van der Waals surface area contributed by atoms with Crippen molar-refractivity contribution in [3.8, 4) is 0 Å². The predicted molar refractivity (Wildman–Crippen MR) is 57.2 cm³/mol. The van der Waals surface area contributed by atoms with Gasteiger partial charge in [-0.15, -0.1) is 0 Å². The summed E-state index contributed by atoms with van der Waals surface area (Å²) in [5.41, 5.74) is 5.99. The van der Waals surface area contributed by atoms with Crippen molar-refractivity contribution in [3.05, 3.63) is 0 Å². The van der Waals surface area contributed by atoms with Crippen molar-refractivity contribution in [2.45, 2.75) is 39.2 Å². The zero-order chi connectivity index (χ0) is 10.4. The minimum atomic E-state index is 0.213. The molecule has 0 amide bonds. The maximum absolute atomic E-state index is 5.74. The molecule has 1 rings (SSSR count). The zero-order valence-electron chi connectivity index (χ0n) is 9.42. The lowest BCUT2D eigenvalue weighted by Gasteiger charge is -2.18. The van der Waals surface area contributed by atoms with Gasteiger partial charge >= 0.3 is 0 Å². The monoisotopic (exact) mass is 201 g/mol. The molecule has 0 heterocycles. The summed E-state index contributed by atoms with van der Waals surface area (Å²) < 4.78 is 11.0. The summed E-state index contributed by atoms with van der Waals surface area (Å²) in [6.07, 6.45) is 3.89. The van der Waals surface area contributed by atoms with Crippen molar-refractivity contribution in [1.29, 1.82) is 0 Å². The molecule has 1 fully saturated rings. The van der Waals surface area contributed by atoms with Gasteiger partial charge in [0.25, 0.3) is 0 Å². The first-order valence-corrected chi connectivity index (χ1v) is 5.62. The Labute approximate surface area is 86.9 Å². The number of ether oxygens (including phenoxy) is 2. The first-order chi connectivity index (χ1) is 6.72. The molecule has 0 aromatic rings. The van der Waals surface area contributed by atoms with Gasteiger partial charge in [0.15, 0.2) is 0 Å². The largest absolute Gasteiger partial charge is 0.379 e. The highest BCUT2D eigenvalue weighted by molar-refractivity contribution is 4.93. The second-order valence-corrected chi connectivity index (χ2v) is 4.32. The van der Waals surface area contributed by atoms with Crippen molar-refractivity contribution in [3.63, 3.8) is 0 Å². The van der Waals surface area contributed by atoms with Crippen LogP contribution < -0.4 is 5.73 Å². The smallest absolute Gasteiger partial charge is 0.0780 e. The maximum atomic E-state index is 5.74. The van der Waals surface area contributed by atoms with Crippen molar-refractivity contribution in [1.82, 2.24) is 0 Å². The minimum Gasteiger partial charge on any atom is -0.379 e. The van der Waals surface area contributed by atoms with E-state index in [1.807, 2.05) is 6.92 Å². The van der Waals surface area contributed by atoms with E-state index in [-0.39, 0.29) is 6.10 Å². The SMILES string of the molecule is CCOCC(C)OCC1(CCN)CC1. The highest BCUT2D eigenvalue weighted by Crippen LogP contribution is 2.48. The van der Waals surface area contributed by atoms with E-state index in [9.17, 15) is 0 Å². The molecule has 14 heavy (non-hydrogen) atoms.